The van der Waals surface area contributed by atoms with Crippen LogP contribution in [0.5, 0.6) is 5.75 Å². The van der Waals surface area contributed by atoms with Gasteiger partial charge in [-0.05, 0) is 34.5 Å². The summed E-state index contributed by atoms with van der Waals surface area (Å²) in [6.07, 6.45) is 1.19. The van der Waals surface area contributed by atoms with Crippen LogP contribution in [0.25, 0.3) is 0 Å². The van der Waals surface area contributed by atoms with Crippen molar-refractivity contribution in [1.82, 2.24) is 9.80 Å². The fourth-order valence-electron chi connectivity index (χ4n) is 3.66. The summed E-state index contributed by atoms with van der Waals surface area (Å²) in [6.45, 7) is 5.30. The summed E-state index contributed by atoms with van der Waals surface area (Å²) in [4.78, 5) is 5.06. The van der Waals surface area contributed by atoms with Crippen molar-refractivity contribution in [1.29, 1.82) is 0 Å². The molecule has 4 rings (SSSR count). The van der Waals surface area contributed by atoms with E-state index in [1.54, 1.807) is 17.4 Å². The normalized spacial score (nSPS) is 25.4. The third kappa shape index (κ3) is 3.57. The number of benzene rings is 1. The van der Waals surface area contributed by atoms with E-state index in [1.165, 1.54) is 17.7 Å². The average Bonchev–Trinajstić information content (AvgIpc) is 3.16. The zero-order valence-corrected chi connectivity index (χ0v) is 13.8. The van der Waals surface area contributed by atoms with Gasteiger partial charge in [-0.2, -0.15) is 11.3 Å². The lowest BCUT2D eigenvalue weighted by atomic mass is 10.1. The highest BCUT2D eigenvalue weighted by atomic mass is 32.1. The molecular formula is C18H21FN2OS. The zero-order valence-electron chi connectivity index (χ0n) is 13.0. The summed E-state index contributed by atoms with van der Waals surface area (Å²) in [5.74, 6) is 0.408. The van der Waals surface area contributed by atoms with Gasteiger partial charge in [0, 0.05) is 51.3 Å². The Morgan fingerprint density at radius 2 is 2.17 bits per heavy atom. The van der Waals surface area contributed by atoms with Gasteiger partial charge in [-0.1, -0.05) is 6.07 Å². The second kappa shape index (κ2) is 6.59. The van der Waals surface area contributed by atoms with E-state index in [0.29, 0.717) is 11.8 Å². The molecule has 3 nitrogen and oxygen atoms in total. The van der Waals surface area contributed by atoms with Crippen molar-refractivity contribution in [3.8, 4) is 5.75 Å². The molecule has 2 aliphatic heterocycles. The maximum absolute atomic E-state index is 13.3. The first-order valence-electron chi connectivity index (χ1n) is 8.16. The molecule has 122 valence electrons. The number of nitrogens with zero attached hydrogens (tertiary/aromatic N) is 2. The Morgan fingerprint density at radius 3 is 3.00 bits per heavy atom. The van der Waals surface area contributed by atoms with Crippen LogP contribution < -0.4 is 4.74 Å². The molecule has 0 bridgehead atoms. The van der Waals surface area contributed by atoms with Gasteiger partial charge in [-0.3, -0.25) is 9.80 Å². The van der Waals surface area contributed by atoms with E-state index in [-0.39, 0.29) is 11.9 Å². The van der Waals surface area contributed by atoms with Gasteiger partial charge >= 0.3 is 0 Å². The molecule has 1 aromatic carbocycles. The van der Waals surface area contributed by atoms with Crippen LogP contribution in [0.3, 0.4) is 0 Å². The average molecular weight is 332 g/mol. The van der Waals surface area contributed by atoms with Crippen molar-refractivity contribution < 1.29 is 9.13 Å². The molecule has 2 aliphatic rings. The monoisotopic (exact) mass is 332 g/mol. The van der Waals surface area contributed by atoms with E-state index >= 15 is 0 Å². The first kappa shape index (κ1) is 15.1. The Kier molecular flexibility index (Phi) is 4.33. The lowest BCUT2D eigenvalue weighted by Gasteiger charge is -2.37. The van der Waals surface area contributed by atoms with Crippen molar-refractivity contribution in [2.45, 2.75) is 25.1 Å². The summed E-state index contributed by atoms with van der Waals surface area (Å²) in [5, 5.41) is 4.38. The van der Waals surface area contributed by atoms with Crippen LogP contribution in [0.4, 0.5) is 4.39 Å². The predicted molar refractivity (Wildman–Crippen MR) is 90.4 cm³/mol. The summed E-state index contributed by atoms with van der Waals surface area (Å²) in [7, 11) is 0. The van der Waals surface area contributed by atoms with Crippen molar-refractivity contribution in [2.24, 2.45) is 0 Å². The van der Waals surface area contributed by atoms with Crippen LogP contribution in [-0.2, 0) is 6.54 Å². The highest BCUT2D eigenvalue weighted by Crippen LogP contribution is 2.27. The maximum atomic E-state index is 13.3. The van der Waals surface area contributed by atoms with Crippen molar-refractivity contribution in [3.63, 3.8) is 0 Å². The molecule has 2 fully saturated rings. The lowest BCUT2D eigenvalue weighted by molar-refractivity contribution is 0.0979. The molecule has 0 N–H and O–H groups in total. The van der Waals surface area contributed by atoms with E-state index < -0.39 is 0 Å². The van der Waals surface area contributed by atoms with Crippen LogP contribution in [-0.4, -0.2) is 48.1 Å². The van der Waals surface area contributed by atoms with E-state index in [9.17, 15) is 4.39 Å². The van der Waals surface area contributed by atoms with Gasteiger partial charge in [0.1, 0.15) is 17.7 Å². The molecule has 2 saturated heterocycles. The summed E-state index contributed by atoms with van der Waals surface area (Å²) < 4.78 is 19.3. The van der Waals surface area contributed by atoms with Gasteiger partial charge in [0.2, 0.25) is 0 Å². The fourth-order valence-corrected chi connectivity index (χ4v) is 4.32. The molecule has 0 saturated carbocycles. The lowest BCUT2D eigenvalue weighted by Crippen LogP contribution is -2.49. The van der Waals surface area contributed by atoms with Crippen molar-refractivity contribution in [2.75, 3.05) is 26.2 Å². The Balaban J connectivity index is 1.34. The SMILES string of the molecule is Fc1cccc(O[C@@H]2C[C@H]3CN(Cc4ccsc4)CCN3C2)c1. The molecule has 3 heterocycles. The Bertz CT molecular complexity index is 648. The molecule has 0 radical (unpaired) electrons. The number of hydrogen-bond acceptors (Lipinski definition) is 4. The molecule has 0 aliphatic carbocycles. The van der Waals surface area contributed by atoms with E-state index in [1.807, 2.05) is 6.07 Å². The third-order valence-electron chi connectivity index (χ3n) is 4.75. The van der Waals surface area contributed by atoms with Crippen molar-refractivity contribution >= 4 is 11.3 Å². The molecule has 23 heavy (non-hydrogen) atoms. The number of fused-ring (bicyclic) bond motifs is 1. The van der Waals surface area contributed by atoms with Crippen molar-refractivity contribution in [3.05, 3.63) is 52.5 Å². The van der Waals surface area contributed by atoms with E-state index in [2.05, 4.69) is 26.6 Å². The third-order valence-corrected chi connectivity index (χ3v) is 5.48. The standard InChI is InChI=1S/C18H21FN2OS/c19-15-2-1-3-17(8-15)22-18-9-16-11-20(5-6-21(16)12-18)10-14-4-7-23-13-14/h1-4,7-8,13,16,18H,5-6,9-12H2/t16-,18+/m0/s1. The Hall–Kier alpha value is -1.43. The highest BCUT2D eigenvalue weighted by molar-refractivity contribution is 7.07. The molecule has 0 spiro atoms. The molecule has 0 unspecified atom stereocenters. The first-order chi connectivity index (χ1) is 11.3. The highest BCUT2D eigenvalue weighted by Gasteiger charge is 2.37. The van der Waals surface area contributed by atoms with Gasteiger partial charge in [0.25, 0.3) is 0 Å². The molecule has 0 amide bonds. The number of ether oxygens (including phenoxy) is 1. The largest absolute Gasteiger partial charge is 0.489 e. The zero-order chi connectivity index (χ0) is 15.6. The van der Waals surface area contributed by atoms with Gasteiger partial charge < -0.3 is 4.74 Å². The van der Waals surface area contributed by atoms with E-state index in [0.717, 1.165) is 39.1 Å². The molecule has 5 heteroatoms. The van der Waals surface area contributed by atoms with Gasteiger partial charge in [0.05, 0.1) is 0 Å². The van der Waals surface area contributed by atoms with Crippen LogP contribution >= 0.6 is 11.3 Å². The maximum Gasteiger partial charge on any atom is 0.126 e. The topological polar surface area (TPSA) is 15.7 Å². The molecular weight excluding hydrogens is 311 g/mol. The first-order valence-corrected chi connectivity index (χ1v) is 9.10. The van der Waals surface area contributed by atoms with Crippen LogP contribution in [0.1, 0.15) is 12.0 Å². The summed E-state index contributed by atoms with van der Waals surface area (Å²) >= 11 is 1.76. The van der Waals surface area contributed by atoms with Gasteiger partial charge in [-0.15, -0.1) is 0 Å². The smallest absolute Gasteiger partial charge is 0.126 e. The Morgan fingerprint density at radius 1 is 1.22 bits per heavy atom. The molecule has 1 aromatic heterocycles. The number of rotatable bonds is 4. The minimum atomic E-state index is -0.236. The van der Waals surface area contributed by atoms with E-state index in [4.69, 9.17) is 4.74 Å². The number of thiophene rings is 1. The fraction of sp³-hybridized carbons (Fsp3) is 0.444. The number of hydrogen-bond donors (Lipinski definition) is 0. The van der Waals surface area contributed by atoms with Gasteiger partial charge in [-0.25, -0.2) is 4.39 Å². The minimum Gasteiger partial charge on any atom is -0.489 e. The van der Waals surface area contributed by atoms with Gasteiger partial charge in [0.15, 0.2) is 0 Å². The summed E-state index contributed by atoms with van der Waals surface area (Å²) in [6, 6.07) is 9.23. The minimum absolute atomic E-state index is 0.169. The number of piperazine rings is 1. The van der Waals surface area contributed by atoms with Crippen LogP contribution in [0, 0.1) is 5.82 Å². The quantitative estimate of drug-likeness (QED) is 0.855. The summed E-state index contributed by atoms with van der Waals surface area (Å²) in [5.41, 5.74) is 1.41. The number of halogens is 1. The molecule has 2 aromatic rings. The van der Waals surface area contributed by atoms with Crippen LogP contribution in [0.15, 0.2) is 41.1 Å². The second-order valence-electron chi connectivity index (χ2n) is 6.45. The van der Waals surface area contributed by atoms with Crippen LogP contribution in [0.2, 0.25) is 0 Å². The Labute approximate surface area is 140 Å². The molecule has 2 atom stereocenters. The second-order valence-corrected chi connectivity index (χ2v) is 7.23. The predicted octanol–water partition coefficient (Wildman–Crippen LogP) is 3.22.